The fourth-order valence-electron chi connectivity index (χ4n) is 2.99. The Labute approximate surface area is 176 Å². The molecule has 0 radical (unpaired) electrons. The lowest BCUT2D eigenvalue weighted by Gasteiger charge is -2.11. The number of benzene rings is 1. The van der Waals surface area contributed by atoms with Crippen molar-refractivity contribution in [2.24, 2.45) is 0 Å². The summed E-state index contributed by atoms with van der Waals surface area (Å²) in [5.41, 5.74) is 3.39. The van der Waals surface area contributed by atoms with E-state index in [1.165, 1.54) is 10.9 Å². The number of nitrogens with zero attached hydrogens (tertiary/aromatic N) is 4. The number of halogens is 6. The van der Waals surface area contributed by atoms with Crippen LogP contribution < -0.4 is 11.3 Å². The van der Waals surface area contributed by atoms with E-state index in [2.05, 4.69) is 19.7 Å². The number of ether oxygens (including phenoxy) is 1. The summed E-state index contributed by atoms with van der Waals surface area (Å²) in [6.07, 6.45) is -1.67. The summed E-state index contributed by atoms with van der Waals surface area (Å²) in [7, 11) is 0. The SMILES string of the molecule is Nc1nc(-c2cc3ncn(CCCCCOC(F)F)c(=O)c3cc2F)ncc1C(F)(F)F. The van der Waals surface area contributed by atoms with Gasteiger partial charge in [0.05, 0.1) is 29.4 Å². The van der Waals surface area contributed by atoms with Crippen LogP contribution in [-0.4, -0.2) is 32.7 Å². The largest absolute Gasteiger partial charge is 0.421 e. The highest BCUT2D eigenvalue weighted by Crippen LogP contribution is 2.33. The molecule has 3 aromatic rings. The number of alkyl halides is 5. The van der Waals surface area contributed by atoms with Crippen molar-refractivity contribution >= 4 is 16.7 Å². The normalized spacial score (nSPS) is 12.1. The van der Waals surface area contributed by atoms with Crippen LogP contribution in [0.15, 0.2) is 29.5 Å². The van der Waals surface area contributed by atoms with E-state index in [9.17, 15) is 31.1 Å². The predicted molar refractivity (Wildman–Crippen MR) is 102 cm³/mol. The molecule has 13 heteroatoms. The van der Waals surface area contributed by atoms with Crippen molar-refractivity contribution in [3.8, 4) is 11.4 Å². The minimum atomic E-state index is -4.76. The van der Waals surface area contributed by atoms with Gasteiger partial charge in [-0.05, 0) is 31.4 Å². The lowest BCUT2D eigenvalue weighted by molar-refractivity contribution is -0.137. The monoisotopic (exact) mass is 461 g/mol. The standard InChI is InChI=1S/C19H17F6N5O2/c20-13-6-11-14(7-10(13)16-27-8-12(15(26)29-16)19(23,24)25)28-9-30(17(11)31)4-2-1-3-5-32-18(21)22/h6-9,18H,1-5H2,(H2,26,27,29). The lowest BCUT2D eigenvalue weighted by atomic mass is 10.1. The highest BCUT2D eigenvalue weighted by molar-refractivity contribution is 5.82. The van der Waals surface area contributed by atoms with E-state index in [1.807, 2.05) is 0 Å². The van der Waals surface area contributed by atoms with Gasteiger partial charge in [0.1, 0.15) is 17.2 Å². The molecule has 3 rings (SSSR count). The van der Waals surface area contributed by atoms with E-state index in [4.69, 9.17) is 5.73 Å². The first-order chi connectivity index (χ1) is 15.1. The average molecular weight is 461 g/mol. The van der Waals surface area contributed by atoms with Gasteiger partial charge in [-0.1, -0.05) is 0 Å². The topological polar surface area (TPSA) is 95.9 Å². The van der Waals surface area contributed by atoms with Gasteiger partial charge in [-0.15, -0.1) is 0 Å². The molecule has 0 aliphatic heterocycles. The molecule has 0 amide bonds. The number of hydrogen-bond donors (Lipinski definition) is 1. The van der Waals surface area contributed by atoms with Crippen molar-refractivity contribution in [3.05, 3.63) is 46.4 Å². The number of rotatable bonds is 8. The molecule has 7 nitrogen and oxygen atoms in total. The zero-order chi connectivity index (χ0) is 23.5. The molecule has 32 heavy (non-hydrogen) atoms. The number of anilines is 1. The summed E-state index contributed by atoms with van der Waals surface area (Å²) >= 11 is 0. The lowest BCUT2D eigenvalue weighted by Crippen LogP contribution is -2.21. The maximum Gasteiger partial charge on any atom is 0.421 e. The Bertz CT molecular complexity index is 1170. The van der Waals surface area contributed by atoms with Gasteiger partial charge >= 0.3 is 12.8 Å². The van der Waals surface area contributed by atoms with Crippen LogP contribution in [-0.2, 0) is 17.5 Å². The van der Waals surface area contributed by atoms with Crippen LogP contribution in [0.2, 0.25) is 0 Å². The Morgan fingerprint density at radius 3 is 2.53 bits per heavy atom. The van der Waals surface area contributed by atoms with E-state index in [1.54, 1.807) is 0 Å². The number of nitrogens with two attached hydrogens (primary N) is 1. The van der Waals surface area contributed by atoms with Crippen molar-refractivity contribution in [1.82, 2.24) is 19.5 Å². The van der Waals surface area contributed by atoms with Gasteiger partial charge in [-0.25, -0.2) is 19.3 Å². The molecular weight excluding hydrogens is 444 g/mol. The molecule has 0 aliphatic rings. The van der Waals surface area contributed by atoms with Crippen LogP contribution in [0.5, 0.6) is 0 Å². The van der Waals surface area contributed by atoms with Crippen molar-refractivity contribution in [3.63, 3.8) is 0 Å². The average Bonchev–Trinajstić information content (AvgIpc) is 2.71. The molecule has 2 N–H and O–H groups in total. The van der Waals surface area contributed by atoms with Crippen LogP contribution in [0.3, 0.4) is 0 Å². The summed E-state index contributed by atoms with van der Waals surface area (Å²) < 4.78 is 82.3. The zero-order valence-electron chi connectivity index (χ0n) is 16.4. The zero-order valence-corrected chi connectivity index (χ0v) is 16.4. The highest BCUT2D eigenvalue weighted by atomic mass is 19.4. The molecule has 0 saturated heterocycles. The van der Waals surface area contributed by atoms with Crippen molar-refractivity contribution in [2.45, 2.75) is 38.6 Å². The minimum absolute atomic E-state index is 0.0466. The van der Waals surface area contributed by atoms with Gasteiger partial charge in [0, 0.05) is 12.7 Å². The Balaban J connectivity index is 1.81. The predicted octanol–water partition coefficient (Wildman–Crippen LogP) is 4.00. The molecule has 0 fully saturated rings. The first-order valence-corrected chi connectivity index (χ1v) is 9.36. The van der Waals surface area contributed by atoms with Crippen LogP contribution in [0, 0.1) is 5.82 Å². The fraction of sp³-hybridized carbons (Fsp3) is 0.368. The highest BCUT2D eigenvalue weighted by Gasteiger charge is 2.34. The quantitative estimate of drug-likeness (QED) is 0.403. The summed E-state index contributed by atoms with van der Waals surface area (Å²) in [5.74, 6) is -2.17. The smallest absolute Gasteiger partial charge is 0.383 e. The van der Waals surface area contributed by atoms with Gasteiger partial charge in [0.15, 0.2) is 5.82 Å². The third kappa shape index (κ3) is 5.33. The maximum absolute atomic E-state index is 14.6. The van der Waals surface area contributed by atoms with Crippen LogP contribution in [0.1, 0.15) is 24.8 Å². The number of hydrogen-bond acceptors (Lipinski definition) is 6. The summed E-state index contributed by atoms with van der Waals surface area (Å²) in [5, 5.41) is -0.0466. The second-order valence-electron chi connectivity index (χ2n) is 6.77. The molecule has 0 spiro atoms. The first kappa shape index (κ1) is 23.4. The van der Waals surface area contributed by atoms with E-state index in [-0.39, 0.29) is 35.4 Å². The number of aryl methyl sites for hydroxylation is 1. The first-order valence-electron chi connectivity index (χ1n) is 9.36. The second kappa shape index (κ2) is 9.51. The molecule has 0 aliphatic carbocycles. The molecule has 2 aromatic heterocycles. The third-order valence-electron chi connectivity index (χ3n) is 4.56. The maximum atomic E-state index is 14.6. The molecule has 0 saturated carbocycles. The summed E-state index contributed by atoms with van der Waals surface area (Å²) in [6.45, 7) is -2.70. The number of aromatic nitrogens is 4. The Kier molecular flexibility index (Phi) is 6.96. The van der Waals surface area contributed by atoms with Gasteiger partial charge in [-0.2, -0.15) is 22.0 Å². The van der Waals surface area contributed by atoms with Crippen molar-refractivity contribution in [2.75, 3.05) is 12.3 Å². The Morgan fingerprint density at radius 1 is 1.12 bits per heavy atom. The fourth-order valence-corrected chi connectivity index (χ4v) is 2.99. The molecule has 1 aromatic carbocycles. The van der Waals surface area contributed by atoms with Crippen LogP contribution >= 0.6 is 0 Å². The van der Waals surface area contributed by atoms with Gasteiger partial charge in [0.2, 0.25) is 0 Å². The van der Waals surface area contributed by atoms with Crippen molar-refractivity contribution in [1.29, 1.82) is 0 Å². The van der Waals surface area contributed by atoms with E-state index >= 15 is 0 Å². The summed E-state index contributed by atoms with van der Waals surface area (Å²) in [6, 6.07) is 2.06. The molecule has 2 heterocycles. The number of unbranched alkanes of at least 4 members (excludes halogenated alkanes) is 2. The number of nitrogen functional groups attached to an aromatic ring is 1. The van der Waals surface area contributed by atoms with Gasteiger partial charge in [0.25, 0.3) is 5.56 Å². The minimum Gasteiger partial charge on any atom is -0.383 e. The molecular formula is C19H17F6N5O2. The van der Waals surface area contributed by atoms with Crippen molar-refractivity contribution < 1.29 is 31.1 Å². The van der Waals surface area contributed by atoms with Crippen LogP contribution in [0.25, 0.3) is 22.3 Å². The Morgan fingerprint density at radius 2 is 1.88 bits per heavy atom. The van der Waals surface area contributed by atoms with E-state index < -0.39 is 35.5 Å². The van der Waals surface area contributed by atoms with Crippen LogP contribution in [0.4, 0.5) is 32.2 Å². The molecule has 0 unspecified atom stereocenters. The summed E-state index contributed by atoms with van der Waals surface area (Å²) in [4.78, 5) is 23.8. The third-order valence-corrected chi connectivity index (χ3v) is 4.56. The molecule has 0 atom stereocenters. The molecule has 172 valence electrons. The van der Waals surface area contributed by atoms with Gasteiger partial charge < -0.3 is 10.5 Å². The van der Waals surface area contributed by atoms with E-state index in [0.29, 0.717) is 25.5 Å². The second-order valence-corrected chi connectivity index (χ2v) is 6.77. The van der Waals surface area contributed by atoms with Gasteiger partial charge in [-0.3, -0.25) is 9.36 Å². The number of fused-ring (bicyclic) bond motifs is 1. The molecule has 0 bridgehead atoms. The van der Waals surface area contributed by atoms with E-state index in [0.717, 1.165) is 12.1 Å². The Hall–Kier alpha value is -3.22.